The molecule has 0 aliphatic heterocycles. The molecule has 0 bridgehead atoms. The zero-order valence-corrected chi connectivity index (χ0v) is 15.0. The van der Waals surface area contributed by atoms with Crippen LogP contribution in [0.1, 0.15) is 24.0 Å². The van der Waals surface area contributed by atoms with E-state index in [1.165, 1.54) is 0 Å². The molecule has 0 fully saturated rings. The van der Waals surface area contributed by atoms with Crippen molar-refractivity contribution in [3.05, 3.63) is 53.6 Å². The van der Waals surface area contributed by atoms with Gasteiger partial charge in [0.25, 0.3) is 0 Å². The molecule has 0 atom stereocenters. The summed E-state index contributed by atoms with van der Waals surface area (Å²) in [5.41, 5.74) is 2.55. The molecule has 0 saturated heterocycles. The Labute approximate surface area is 152 Å². The molecule has 6 heteroatoms. The molecule has 2 N–H and O–H groups in total. The Morgan fingerprint density at radius 1 is 1.04 bits per heavy atom. The number of benzene rings is 2. The van der Waals surface area contributed by atoms with Crippen LogP contribution in [0.5, 0.6) is 11.5 Å². The average Bonchev–Trinajstić information content (AvgIpc) is 2.60. The maximum atomic E-state index is 12.1. The van der Waals surface area contributed by atoms with Crippen molar-refractivity contribution in [1.29, 1.82) is 0 Å². The first-order chi connectivity index (χ1) is 12.5. The van der Waals surface area contributed by atoms with E-state index >= 15 is 0 Å². The van der Waals surface area contributed by atoms with E-state index in [0.29, 0.717) is 30.9 Å². The van der Waals surface area contributed by atoms with Gasteiger partial charge in [-0.05, 0) is 55.7 Å². The number of carboxylic acids is 1. The fraction of sp³-hybridized carbons (Fsp3) is 0.300. The number of para-hydroxylation sites is 1. The fourth-order valence-corrected chi connectivity index (χ4v) is 2.36. The number of amides is 1. The third-order valence-corrected chi connectivity index (χ3v) is 3.73. The van der Waals surface area contributed by atoms with Crippen LogP contribution in [0.4, 0.5) is 5.69 Å². The van der Waals surface area contributed by atoms with Crippen LogP contribution in [0.25, 0.3) is 0 Å². The summed E-state index contributed by atoms with van der Waals surface area (Å²) in [6.45, 7) is 3.88. The molecule has 0 unspecified atom stereocenters. The van der Waals surface area contributed by atoms with E-state index in [-0.39, 0.29) is 5.91 Å². The standard InChI is InChI=1S/C20H23NO5/c1-14-6-3-4-7-18(14)25-11-5-8-19(22)21-17-10-9-16(12-15(17)2)26-13-20(23)24/h3-4,6-7,9-10,12H,5,8,11,13H2,1-2H3,(H,21,22)(H,23,24). The zero-order valence-electron chi connectivity index (χ0n) is 15.0. The molecule has 6 nitrogen and oxygen atoms in total. The number of carbonyl (C=O) groups excluding carboxylic acids is 1. The molecule has 0 saturated carbocycles. The summed E-state index contributed by atoms with van der Waals surface area (Å²) in [7, 11) is 0. The quantitative estimate of drug-likeness (QED) is 0.670. The molecule has 2 rings (SSSR count). The maximum absolute atomic E-state index is 12.1. The van der Waals surface area contributed by atoms with Crippen LogP contribution in [0.3, 0.4) is 0 Å². The van der Waals surface area contributed by atoms with Crippen molar-refractivity contribution < 1.29 is 24.2 Å². The largest absolute Gasteiger partial charge is 0.493 e. The number of aryl methyl sites for hydroxylation is 2. The molecule has 138 valence electrons. The number of hydrogen-bond donors (Lipinski definition) is 2. The van der Waals surface area contributed by atoms with E-state index < -0.39 is 12.6 Å². The van der Waals surface area contributed by atoms with Crippen molar-refractivity contribution in [1.82, 2.24) is 0 Å². The van der Waals surface area contributed by atoms with Gasteiger partial charge in [0.2, 0.25) is 5.91 Å². The minimum absolute atomic E-state index is 0.0966. The lowest BCUT2D eigenvalue weighted by Crippen LogP contribution is -2.14. The van der Waals surface area contributed by atoms with Gasteiger partial charge >= 0.3 is 5.97 Å². The van der Waals surface area contributed by atoms with Gasteiger partial charge in [0.1, 0.15) is 11.5 Å². The van der Waals surface area contributed by atoms with E-state index in [4.69, 9.17) is 14.6 Å². The van der Waals surface area contributed by atoms with E-state index in [1.54, 1.807) is 18.2 Å². The number of aliphatic carboxylic acids is 1. The highest BCUT2D eigenvalue weighted by molar-refractivity contribution is 5.91. The molecule has 2 aromatic rings. The summed E-state index contributed by atoms with van der Waals surface area (Å²) >= 11 is 0. The van der Waals surface area contributed by atoms with Crippen molar-refractivity contribution in [2.75, 3.05) is 18.5 Å². The van der Waals surface area contributed by atoms with Crippen LogP contribution in [0.2, 0.25) is 0 Å². The molecule has 0 spiro atoms. The zero-order chi connectivity index (χ0) is 18.9. The van der Waals surface area contributed by atoms with Gasteiger partial charge in [0.05, 0.1) is 6.61 Å². The summed E-state index contributed by atoms with van der Waals surface area (Å²) in [6, 6.07) is 12.8. The van der Waals surface area contributed by atoms with Crippen LogP contribution in [0, 0.1) is 13.8 Å². The van der Waals surface area contributed by atoms with Crippen LogP contribution >= 0.6 is 0 Å². The van der Waals surface area contributed by atoms with E-state index in [2.05, 4.69) is 5.32 Å². The lowest BCUT2D eigenvalue weighted by Gasteiger charge is -2.11. The Hall–Kier alpha value is -3.02. The first-order valence-corrected chi connectivity index (χ1v) is 8.39. The van der Waals surface area contributed by atoms with E-state index in [1.807, 2.05) is 38.1 Å². The number of carbonyl (C=O) groups is 2. The molecule has 0 aromatic heterocycles. The predicted molar refractivity (Wildman–Crippen MR) is 98.8 cm³/mol. The molecular weight excluding hydrogens is 334 g/mol. The van der Waals surface area contributed by atoms with Gasteiger partial charge in [0.15, 0.2) is 6.61 Å². The second kappa shape index (κ2) is 9.46. The van der Waals surface area contributed by atoms with Gasteiger partial charge in [-0.2, -0.15) is 0 Å². The summed E-state index contributed by atoms with van der Waals surface area (Å²) in [6.07, 6.45) is 0.960. The molecule has 0 aliphatic carbocycles. The number of ether oxygens (including phenoxy) is 2. The second-order valence-corrected chi connectivity index (χ2v) is 5.92. The summed E-state index contributed by atoms with van der Waals surface area (Å²) < 4.78 is 10.8. The SMILES string of the molecule is Cc1cc(OCC(=O)O)ccc1NC(=O)CCCOc1ccccc1C. The van der Waals surface area contributed by atoms with Crippen molar-refractivity contribution >= 4 is 17.6 Å². The fourth-order valence-electron chi connectivity index (χ4n) is 2.36. The van der Waals surface area contributed by atoms with Gasteiger partial charge < -0.3 is 19.9 Å². The first-order valence-electron chi connectivity index (χ1n) is 8.39. The van der Waals surface area contributed by atoms with Gasteiger partial charge in [-0.15, -0.1) is 0 Å². The monoisotopic (exact) mass is 357 g/mol. The van der Waals surface area contributed by atoms with E-state index in [0.717, 1.165) is 16.9 Å². The normalized spacial score (nSPS) is 10.2. The predicted octanol–water partition coefficient (Wildman–Crippen LogP) is 3.56. The van der Waals surface area contributed by atoms with Crippen molar-refractivity contribution in [3.63, 3.8) is 0 Å². The molecule has 0 heterocycles. The van der Waals surface area contributed by atoms with Crippen molar-refractivity contribution in [2.45, 2.75) is 26.7 Å². The van der Waals surface area contributed by atoms with Gasteiger partial charge in [-0.1, -0.05) is 18.2 Å². The molecule has 26 heavy (non-hydrogen) atoms. The Balaban J connectivity index is 1.77. The molecule has 1 amide bonds. The minimum atomic E-state index is -1.03. The van der Waals surface area contributed by atoms with Crippen LogP contribution < -0.4 is 14.8 Å². The van der Waals surface area contributed by atoms with Crippen LogP contribution in [-0.4, -0.2) is 30.2 Å². The Bertz CT molecular complexity index is 773. The Morgan fingerprint density at radius 3 is 2.50 bits per heavy atom. The number of hydrogen-bond acceptors (Lipinski definition) is 4. The number of rotatable bonds is 9. The highest BCUT2D eigenvalue weighted by atomic mass is 16.5. The highest BCUT2D eigenvalue weighted by Gasteiger charge is 2.07. The number of anilines is 1. The number of nitrogens with one attached hydrogen (secondary N) is 1. The summed E-state index contributed by atoms with van der Waals surface area (Å²) in [5.74, 6) is 0.156. The van der Waals surface area contributed by atoms with Crippen molar-refractivity contribution in [3.8, 4) is 11.5 Å². The van der Waals surface area contributed by atoms with Crippen LogP contribution in [0.15, 0.2) is 42.5 Å². The lowest BCUT2D eigenvalue weighted by atomic mass is 10.2. The van der Waals surface area contributed by atoms with Gasteiger partial charge in [-0.25, -0.2) is 4.79 Å². The van der Waals surface area contributed by atoms with E-state index in [9.17, 15) is 9.59 Å². The Kier molecular flexibility index (Phi) is 7.02. The summed E-state index contributed by atoms with van der Waals surface area (Å²) in [4.78, 5) is 22.6. The van der Waals surface area contributed by atoms with Gasteiger partial charge in [0, 0.05) is 12.1 Å². The van der Waals surface area contributed by atoms with Gasteiger partial charge in [-0.3, -0.25) is 4.79 Å². The maximum Gasteiger partial charge on any atom is 0.341 e. The third-order valence-electron chi connectivity index (χ3n) is 3.73. The first kappa shape index (κ1) is 19.3. The molecule has 0 radical (unpaired) electrons. The lowest BCUT2D eigenvalue weighted by molar-refractivity contribution is -0.139. The molecule has 2 aromatic carbocycles. The molecular formula is C20H23NO5. The molecule has 0 aliphatic rings. The highest BCUT2D eigenvalue weighted by Crippen LogP contribution is 2.22. The van der Waals surface area contributed by atoms with Crippen LogP contribution in [-0.2, 0) is 9.59 Å². The smallest absolute Gasteiger partial charge is 0.341 e. The van der Waals surface area contributed by atoms with Crippen molar-refractivity contribution in [2.24, 2.45) is 0 Å². The minimum Gasteiger partial charge on any atom is -0.493 e. The number of carboxylic acid groups (broad SMARTS) is 1. The summed E-state index contributed by atoms with van der Waals surface area (Å²) in [5, 5.41) is 11.5. The second-order valence-electron chi connectivity index (χ2n) is 5.92. The topological polar surface area (TPSA) is 84.9 Å². The average molecular weight is 357 g/mol. The third kappa shape index (κ3) is 6.12. The Morgan fingerprint density at radius 2 is 1.81 bits per heavy atom.